The molecule has 16 heteroatoms. The molecule has 1 aromatic heterocycles. The number of hydrogen-bond acceptors (Lipinski definition) is 8. The number of ketones is 2. The predicted octanol–water partition coefficient (Wildman–Crippen LogP) is 6.93. The number of aromatic nitrogens is 2. The fraction of sp³-hybridized carbons (Fsp3) is 0.242. The van der Waals surface area contributed by atoms with E-state index >= 15 is 0 Å². The molecule has 3 aromatic carbocycles. The maximum atomic E-state index is 12.9. The minimum atomic E-state index is -5.77. The number of fused-ring (bicyclic) bond motifs is 6. The van der Waals surface area contributed by atoms with Gasteiger partial charge in [0.1, 0.15) is 5.02 Å². The first kappa shape index (κ1) is 35.1. The number of carbonyl (C=O) groups is 3. The van der Waals surface area contributed by atoms with E-state index in [4.69, 9.17) is 11.6 Å². The van der Waals surface area contributed by atoms with Gasteiger partial charge >= 0.3 is 23.9 Å². The fourth-order valence-corrected chi connectivity index (χ4v) is 5.35. The number of nitrogens with zero attached hydrogens (tertiary/aromatic N) is 4. The quantitative estimate of drug-likeness (QED) is 0.175. The lowest BCUT2D eigenvalue weighted by molar-refractivity contribution is -0.193. The lowest BCUT2D eigenvalue weighted by atomic mass is 10.0. The van der Waals surface area contributed by atoms with Gasteiger partial charge in [0.15, 0.2) is 5.82 Å². The summed E-state index contributed by atoms with van der Waals surface area (Å²) in [5.74, 6) is -5.67. The van der Waals surface area contributed by atoms with Gasteiger partial charge in [0, 0.05) is 48.8 Å². The third-order valence-electron chi connectivity index (χ3n) is 7.60. The number of Topliss-reactive ketones (excluding diaryl/α,β-unsaturated/α-hetero) is 2. The first-order valence-corrected chi connectivity index (χ1v) is 15.2. The van der Waals surface area contributed by atoms with Gasteiger partial charge in [0.2, 0.25) is 5.95 Å². The van der Waals surface area contributed by atoms with Gasteiger partial charge in [0.05, 0.1) is 6.20 Å². The molecule has 3 heterocycles. The zero-order valence-electron chi connectivity index (χ0n) is 25.4. The fourth-order valence-electron chi connectivity index (χ4n) is 5.21. The largest absolute Gasteiger partial charge is 0.458 e. The van der Waals surface area contributed by atoms with Crippen LogP contribution in [0.5, 0.6) is 0 Å². The van der Waals surface area contributed by atoms with Crippen molar-refractivity contribution in [3.8, 4) is 0 Å². The monoisotopic (exact) mass is 704 g/mol. The van der Waals surface area contributed by atoms with Crippen molar-refractivity contribution < 1.29 is 40.7 Å². The van der Waals surface area contributed by atoms with E-state index in [1.165, 1.54) is 16.8 Å². The molecule has 1 saturated heterocycles. The van der Waals surface area contributed by atoms with Gasteiger partial charge in [0.25, 0.3) is 5.91 Å². The van der Waals surface area contributed by atoms with Crippen LogP contribution in [0.3, 0.4) is 0 Å². The third-order valence-corrected chi connectivity index (χ3v) is 7.88. The molecule has 9 nitrogen and oxygen atoms in total. The van der Waals surface area contributed by atoms with E-state index in [-0.39, 0.29) is 5.91 Å². The number of aryl methyl sites for hydroxylation is 2. The number of anilines is 5. The average Bonchev–Trinajstić information content (AvgIpc) is 3.08. The van der Waals surface area contributed by atoms with Crippen LogP contribution < -0.4 is 15.5 Å². The summed E-state index contributed by atoms with van der Waals surface area (Å²) in [5.41, 5.74) is 6.30. The van der Waals surface area contributed by atoms with E-state index in [2.05, 4.69) is 55.8 Å². The Morgan fingerprint density at radius 3 is 2.04 bits per heavy atom. The number of hydrogen-bond donors (Lipinski definition) is 2. The van der Waals surface area contributed by atoms with Gasteiger partial charge in [-0.3, -0.25) is 14.4 Å². The predicted molar refractivity (Wildman–Crippen MR) is 171 cm³/mol. The van der Waals surface area contributed by atoms with Crippen LogP contribution in [0.15, 0.2) is 79.0 Å². The second-order valence-corrected chi connectivity index (χ2v) is 11.4. The van der Waals surface area contributed by atoms with Crippen molar-refractivity contribution in [3.05, 3.63) is 101 Å². The molecule has 0 atom stereocenters. The Morgan fingerprint density at radius 2 is 1.39 bits per heavy atom. The van der Waals surface area contributed by atoms with Crippen LogP contribution in [0.4, 0.5) is 55.2 Å². The molecule has 6 rings (SSSR count). The van der Waals surface area contributed by atoms with E-state index in [1.54, 1.807) is 6.20 Å². The third kappa shape index (κ3) is 8.84. The highest BCUT2D eigenvalue weighted by Gasteiger charge is 2.54. The maximum Gasteiger partial charge on any atom is 0.458 e. The molecule has 0 radical (unpaired) electrons. The summed E-state index contributed by atoms with van der Waals surface area (Å²) in [4.78, 5) is 45.4. The summed E-state index contributed by atoms with van der Waals surface area (Å²) in [7, 11) is 0. The van der Waals surface area contributed by atoms with Crippen molar-refractivity contribution >= 4 is 57.9 Å². The van der Waals surface area contributed by atoms with Crippen molar-refractivity contribution in [2.75, 3.05) is 41.7 Å². The van der Waals surface area contributed by atoms with Crippen molar-refractivity contribution in [3.63, 3.8) is 0 Å². The first-order valence-electron chi connectivity index (χ1n) is 14.8. The normalized spacial score (nSPS) is 14.4. The lowest BCUT2D eigenvalue weighted by Gasteiger charge is -2.37. The minimum absolute atomic E-state index is 0.0973. The molecule has 1 fully saturated rings. The highest BCUT2D eigenvalue weighted by Crippen LogP contribution is 2.32. The maximum absolute atomic E-state index is 12.9. The smallest absolute Gasteiger partial charge is 0.368 e. The minimum Gasteiger partial charge on any atom is -0.368 e. The van der Waals surface area contributed by atoms with Gasteiger partial charge < -0.3 is 20.4 Å². The Hall–Kier alpha value is -5.18. The first-order chi connectivity index (χ1) is 23.2. The summed E-state index contributed by atoms with van der Waals surface area (Å²) < 4.78 is 67.0. The summed E-state index contributed by atoms with van der Waals surface area (Å²) in [6.07, 6.45) is -8.15. The van der Waals surface area contributed by atoms with Crippen LogP contribution in [0.25, 0.3) is 0 Å². The molecule has 4 aromatic rings. The number of amides is 1. The molecule has 1 amide bonds. The van der Waals surface area contributed by atoms with Crippen LogP contribution in [0, 0.1) is 0 Å². The van der Waals surface area contributed by atoms with Crippen LogP contribution >= 0.6 is 11.6 Å². The van der Waals surface area contributed by atoms with Crippen LogP contribution in [0.2, 0.25) is 5.02 Å². The summed E-state index contributed by atoms with van der Waals surface area (Å²) in [6.45, 7) is 2.97. The number of carbonyl (C=O) groups excluding carboxylic acids is 3. The van der Waals surface area contributed by atoms with Crippen molar-refractivity contribution in [2.45, 2.75) is 25.2 Å². The standard InChI is InChI=1S/C29H27ClN6O.C4F6O2/c30-25-19-31-29-33-23-8-4-5-20(17-23)9-10-22-18-24(32-27(25)34-29)11-12-26(22)35-13-15-36(16-14-35)28(37)21-6-2-1-3-7-21;5-3(6,7)1(11)2(12)4(8,9)10/h1-8,11-12,17-19H,9-10,13-16H2,(H2,31,32,33,34);. The van der Waals surface area contributed by atoms with Gasteiger partial charge in [-0.2, -0.15) is 31.3 Å². The molecule has 0 spiro atoms. The molecular formula is C33H27ClF6N6O3. The highest BCUT2D eigenvalue weighted by atomic mass is 35.5. The molecule has 2 aliphatic heterocycles. The Morgan fingerprint density at radius 1 is 0.735 bits per heavy atom. The summed E-state index contributed by atoms with van der Waals surface area (Å²) in [6, 6.07) is 24.3. The highest BCUT2D eigenvalue weighted by molar-refractivity contribution is 6.41. The Balaban J connectivity index is 0.000000335. The Bertz CT molecular complexity index is 1820. The van der Waals surface area contributed by atoms with Crippen molar-refractivity contribution in [2.24, 2.45) is 0 Å². The summed E-state index contributed by atoms with van der Waals surface area (Å²) >= 11 is 6.41. The second kappa shape index (κ2) is 14.5. The van der Waals surface area contributed by atoms with Crippen molar-refractivity contribution in [1.82, 2.24) is 14.9 Å². The zero-order chi connectivity index (χ0) is 35.3. The number of rotatable bonds is 3. The lowest BCUT2D eigenvalue weighted by Crippen LogP contribution is -2.49. The van der Waals surface area contributed by atoms with E-state index in [0.29, 0.717) is 29.9 Å². The van der Waals surface area contributed by atoms with E-state index < -0.39 is 23.9 Å². The van der Waals surface area contributed by atoms with Crippen LogP contribution in [-0.2, 0) is 22.4 Å². The van der Waals surface area contributed by atoms with E-state index in [0.717, 1.165) is 42.9 Å². The molecule has 6 bridgehead atoms. The number of alkyl halides is 6. The molecule has 0 saturated carbocycles. The summed E-state index contributed by atoms with van der Waals surface area (Å²) in [5, 5.41) is 7.11. The Kier molecular flexibility index (Phi) is 10.4. The number of halogens is 7. The topological polar surface area (TPSA) is 108 Å². The number of piperazine rings is 1. The van der Waals surface area contributed by atoms with Crippen LogP contribution in [-0.4, -0.2) is 70.9 Å². The van der Waals surface area contributed by atoms with Gasteiger partial charge in [-0.15, -0.1) is 0 Å². The zero-order valence-corrected chi connectivity index (χ0v) is 26.2. The number of benzene rings is 3. The molecule has 2 N–H and O–H groups in total. The van der Waals surface area contributed by atoms with E-state index in [9.17, 15) is 40.7 Å². The SMILES string of the molecule is O=C(C(=O)C(F)(F)F)C(F)(F)F.O=C(c1ccccc1)N1CCN(c2ccc3cc2CCc2cccc(c2)Nc2ncc(Cl)c(n2)N3)CC1. The molecular weight excluding hydrogens is 678 g/mol. The molecule has 0 unspecified atom stereocenters. The average molecular weight is 705 g/mol. The van der Waals surface area contributed by atoms with E-state index in [1.807, 2.05) is 47.4 Å². The molecule has 2 aliphatic rings. The van der Waals surface area contributed by atoms with Crippen LogP contribution in [0.1, 0.15) is 21.5 Å². The second-order valence-electron chi connectivity index (χ2n) is 11.0. The van der Waals surface area contributed by atoms with Crippen molar-refractivity contribution in [1.29, 1.82) is 0 Å². The molecule has 256 valence electrons. The number of nitrogens with one attached hydrogen (secondary N) is 2. The molecule has 49 heavy (non-hydrogen) atoms. The Labute approximate surface area is 280 Å². The molecule has 0 aliphatic carbocycles. The van der Waals surface area contributed by atoms with Gasteiger partial charge in [-0.1, -0.05) is 41.9 Å². The van der Waals surface area contributed by atoms with Gasteiger partial charge in [-0.25, -0.2) is 4.98 Å². The van der Waals surface area contributed by atoms with Gasteiger partial charge in [-0.05, 0) is 66.4 Å².